The SMILES string of the molecule is OC[C@@H](O)[C@@H]1O[C@@H](OC[C@@H](O)[C@@H]2O[C@@H](O[C@H](CO)[C@@H]3OC(O)[C@H](O)[C@H]3O)[C@H](O)[C@H]2O)[C@H](O)[C@H]1O. The number of hydrogen-bond donors (Lipinski definition) is 11. The van der Waals surface area contributed by atoms with Gasteiger partial charge in [-0.3, -0.25) is 0 Å². The Hall–Kier alpha value is -0.640. The molecule has 0 aliphatic carbocycles. The second-order valence-corrected chi connectivity index (χ2v) is 8.38. The van der Waals surface area contributed by atoms with Crippen LogP contribution < -0.4 is 0 Å². The maximum Gasteiger partial charge on any atom is 0.187 e. The molecule has 3 fully saturated rings. The van der Waals surface area contributed by atoms with Crippen LogP contribution in [0.2, 0.25) is 0 Å². The Balaban J connectivity index is 1.55. The Bertz CT molecular complexity index is 641. The lowest BCUT2D eigenvalue weighted by molar-refractivity contribution is -0.244. The van der Waals surface area contributed by atoms with Gasteiger partial charge in [0.1, 0.15) is 73.2 Å². The summed E-state index contributed by atoms with van der Waals surface area (Å²) < 4.78 is 25.9. The van der Waals surface area contributed by atoms with E-state index in [1.54, 1.807) is 0 Å². The molecule has 200 valence electrons. The zero-order valence-electron chi connectivity index (χ0n) is 17.7. The van der Waals surface area contributed by atoms with E-state index in [2.05, 4.69) is 0 Å². The topological polar surface area (TPSA) is 269 Å². The van der Waals surface area contributed by atoms with Gasteiger partial charge in [0.15, 0.2) is 18.9 Å². The third-order valence-electron chi connectivity index (χ3n) is 6.02. The first kappa shape index (κ1) is 27.9. The Kier molecular flexibility index (Phi) is 9.54. The molecule has 1 unspecified atom stereocenters. The van der Waals surface area contributed by atoms with Gasteiger partial charge in [-0.2, -0.15) is 0 Å². The number of hydrogen-bond acceptors (Lipinski definition) is 16. The van der Waals surface area contributed by atoms with Crippen LogP contribution in [0, 0.1) is 0 Å². The van der Waals surface area contributed by atoms with Crippen molar-refractivity contribution in [3.63, 3.8) is 0 Å². The van der Waals surface area contributed by atoms with Crippen LogP contribution in [0.15, 0.2) is 0 Å². The minimum atomic E-state index is -1.74. The molecule has 0 spiro atoms. The van der Waals surface area contributed by atoms with E-state index in [-0.39, 0.29) is 0 Å². The Morgan fingerprint density at radius 2 is 1.12 bits per heavy atom. The van der Waals surface area contributed by atoms with Crippen LogP contribution in [-0.2, 0) is 23.7 Å². The zero-order chi connectivity index (χ0) is 25.3. The van der Waals surface area contributed by atoms with Crippen LogP contribution >= 0.6 is 0 Å². The smallest absolute Gasteiger partial charge is 0.187 e. The fourth-order valence-corrected chi connectivity index (χ4v) is 4.01. The van der Waals surface area contributed by atoms with E-state index in [9.17, 15) is 51.1 Å². The lowest BCUT2D eigenvalue weighted by Crippen LogP contribution is -2.46. The average molecular weight is 504 g/mol. The molecule has 3 heterocycles. The average Bonchev–Trinajstić information content (AvgIpc) is 3.37. The van der Waals surface area contributed by atoms with Crippen molar-refractivity contribution in [1.29, 1.82) is 0 Å². The van der Waals surface area contributed by atoms with E-state index in [1.807, 2.05) is 0 Å². The predicted octanol–water partition coefficient (Wildman–Crippen LogP) is -7.57. The van der Waals surface area contributed by atoms with Crippen molar-refractivity contribution in [2.24, 2.45) is 0 Å². The zero-order valence-corrected chi connectivity index (χ0v) is 17.7. The third kappa shape index (κ3) is 5.52. The molecule has 3 rings (SSSR count). The van der Waals surface area contributed by atoms with Gasteiger partial charge < -0.3 is 79.9 Å². The molecule has 3 saturated heterocycles. The van der Waals surface area contributed by atoms with Crippen molar-refractivity contribution in [3.05, 3.63) is 0 Å². The molecule has 0 aromatic rings. The lowest BCUT2D eigenvalue weighted by atomic mass is 10.1. The van der Waals surface area contributed by atoms with Crippen LogP contribution in [0.25, 0.3) is 0 Å². The molecular weight excluding hydrogens is 472 g/mol. The molecule has 0 amide bonds. The van der Waals surface area contributed by atoms with Gasteiger partial charge in [0, 0.05) is 0 Å². The summed E-state index contributed by atoms with van der Waals surface area (Å²) in [6, 6.07) is 0. The number of aliphatic hydroxyl groups excluding tert-OH is 11. The second kappa shape index (κ2) is 11.6. The highest BCUT2D eigenvalue weighted by atomic mass is 16.7. The van der Waals surface area contributed by atoms with Crippen LogP contribution in [0.5, 0.6) is 0 Å². The van der Waals surface area contributed by atoms with Gasteiger partial charge in [-0.15, -0.1) is 0 Å². The molecule has 16 heteroatoms. The van der Waals surface area contributed by atoms with Gasteiger partial charge in [0.05, 0.1) is 19.8 Å². The Morgan fingerprint density at radius 3 is 1.65 bits per heavy atom. The number of ether oxygens (including phenoxy) is 5. The normalized spacial score (nSPS) is 47.7. The molecule has 3 aliphatic rings. The molecular formula is C18H32O16. The molecule has 16 nitrogen and oxygen atoms in total. The van der Waals surface area contributed by atoms with Crippen molar-refractivity contribution in [1.82, 2.24) is 0 Å². The quantitative estimate of drug-likeness (QED) is 0.132. The molecule has 0 saturated carbocycles. The summed E-state index contributed by atoms with van der Waals surface area (Å²) in [5.41, 5.74) is 0. The van der Waals surface area contributed by atoms with Gasteiger partial charge in [0.2, 0.25) is 0 Å². The second-order valence-electron chi connectivity index (χ2n) is 8.38. The fourth-order valence-electron chi connectivity index (χ4n) is 4.01. The fraction of sp³-hybridized carbons (Fsp3) is 1.00. The summed E-state index contributed by atoms with van der Waals surface area (Å²) in [7, 11) is 0. The van der Waals surface area contributed by atoms with Gasteiger partial charge in [-0.25, -0.2) is 0 Å². The van der Waals surface area contributed by atoms with Crippen molar-refractivity contribution in [3.8, 4) is 0 Å². The maximum atomic E-state index is 10.4. The lowest BCUT2D eigenvalue weighted by Gasteiger charge is -2.28. The van der Waals surface area contributed by atoms with Crippen molar-refractivity contribution in [2.75, 3.05) is 19.8 Å². The Labute approximate surface area is 192 Å². The van der Waals surface area contributed by atoms with Gasteiger partial charge in [-0.1, -0.05) is 0 Å². The van der Waals surface area contributed by atoms with E-state index < -0.39 is 112 Å². The molecule has 11 N–H and O–H groups in total. The third-order valence-corrected chi connectivity index (χ3v) is 6.02. The predicted molar refractivity (Wildman–Crippen MR) is 101 cm³/mol. The summed E-state index contributed by atoms with van der Waals surface area (Å²) in [6.45, 7) is -2.18. The summed E-state index contributed by atoms with van der Waals surface area (Å²) in [5, 5.41) is 108. The van der Waals surface area contributed by atoms with E-state index >= 15 is 0 Å². The molecule has 0 aromatic carbocycles. The minimum absolute atomic E-state index is 0.635. The Morgan fingerprint density at radius 1 is 0.588 bits per heavy atom. The highest BCUT2D eigenvalue weighted by Gasteiger charge is 2.52. The van der Waals surface area contributed by atoms with Crippen molar-refractivity contribution >= 4 is 0 Å². The van der Waals surface area contributed by atoms with Gasteiger partial charge in [0.25, 0.3) is 0 Å². The molecule has 34 heavy (non-hydrogen) atoms. The maximum absolute atomic E-state index is 10.4. The first-order valence-corrected chi connectivity index (χ1v) is 10.6. The first-order chi connectivity index (χ1) is 16.0. The highest BCUT2D eigenvalue weighted by molar-refractivity contribution is 4.95. The van der Waals surface area contributed by atoms with Crippen LogP contribution in [0.1, 0.15) is 0 Å². The number of rotatable bonds is 10. The molecule has 0 radical (unpaired) electrons. The van der Waals surface area contributed by atoms with Crippen LogP contribution in [-0.4, -0.2) is 168 Å². The van der Waals surface area contributed by atoms with Gasteiger partial charge in [-0.05, 0) is 0 Å². The van der Waals surface area contributed by atoms with E-state index in [1.165, 1.54) is 0 Å². The van der Waals surface area contributed by atoms with Crippen molar-refractivity contribution < 1.29 is 79.9 Å². The minimum Gasteiger partial charge on any atom is -0.394 e. The standard InChI is InChI=1S/C18H32O16/c19-1-4(21)13-8(24)11(27)17(33-13)30-3-5(22)14-9(25)12(28)18(34-14)31-6(2-20)15-7(23)10(26)16(29)32-15/h4-29H,1-3H2/t4-,5-,6-,7-,8-,9-,10-,11-,12-,13+,14+,15+,16?,17-,18-/m1/s1. The van der Waals surface area contributed by atoms with Crippen LogP contribution in [0.3, 0.4) is 0 Å². The summed E-state index contributed by atoms with van der Waals surface area (Å²) >= 11 is 0. The summed E-state index contributed by atoms with van der Waals surface area (Å²) in [4.78, 5) is 0. The largest absolute Gasteiger partial charge is 0.394 e. The van der Waals surface area contributed by atoms with E-state index in [4.69, 9.17) is 28.8 Å². The summed E-state index contributed by atoms with van der Waals surface area (Å²) in [5.74, 6) is 0. The first-order valence-electron chi connectivity index (χ1n) is 10.6. The van der Waals surface area contributed by atoms with Crippen molar-refractivity contribution in [2.45, 2.75) is 92.1 Å². The van der Waals surface area contributed by atoms with Gasteiger partial charge >= 0.3 is 0 Å². The molecule has 3 aliphatic heterocycles. The highest BCUT2D eigenvalue weighted by Crippen LogP contribution is 2.30. The van der Waals surface area contributed by atoms with E-state index in [0.717, 1.165) is 0 Å². The molecule has 0 bridgehead atoms. The molecule has 0 aromatic heterocycles. The van der Waals surface area contributed by atoms with Crippen LogP contribution in [0.4, 0.5) is 0 Å². The molecule has 15 atom stereocenters. The number of aliphatic hydroxyl groups is 11. The monoisotopic (exact) mass is 504 g/mol. The van der Waals surface area contributed by atoms with E-state index in [0.29, 0.717) is 0 Å². The summed E-state index contributed by atoms with van der Waals surface area (Å²) in [6.07, 6.45) is -23.6.